The molecule has 160 valence electrons. The number of nitrogens with zero attached hydrogens (tertiary/aromatic N) is 4. The molecule has 0 bridgehead atoms. The zero-order valence-electron chi connectivity index (χ0n) is 16.7. The second kappa shape index (κ2) is 8.89. The van der Waals surface area contributed by atoms with Crippen molar-refractivity contribution in [3.63, 3.8) is 0 Å². The van der Waals surface area contributed by atoms with E-state index in [0.717, 1.165) is 24.5 Å². The number of aromatic carboxylic acids is 1. The molecule has 1 aromatic carbocycles. The van der Waals surface area contributed by atoms with E-state index in [2.05, 4.69) is 20.3 Å². The number of rotatable bonds is 4. The van der Waals surface area contributed by atoms with Gasteiger partial charge in [0.05, 0.1) is 22.0 Å². The second-order valence-electron chi connectivity index (χ2n) is 6.00. The van der Waals surface area contributed by atoms with E-state index in [0.29, 0.717) is 5.82 Å². The molecule has 2 heterocycles. The van der Waals surface area contributed by atoms with Crippen LogP contribution in [0.1, 0.15) is 41.2 Å². The number of fused-ring (bicyclic) bond motifs is 1. The molecule has 0 radical (unpaired) electrons. The predicted molar refractivity (Wildman–Crippen MR) is 104 cm³/mol. The van der Waals surface area contributed by atoms with E-state index in [-0.39, 0.29) is 34.5 Å². The summed E-state index contributed by atoms with van der Waals surface area (Å²) >= 11 is 0. The third-order valence-corrected chi connectivity index (χ3v) is 4.17. The summed E-state index contributed by atoms with van der Waals surface area (Å²) in [5.41, 5.74) is -1.78. The molecule has 0 saturated carbocycles. The Morgan fingerprint density at radius 1 is 1.20 bits per heavy atom. The van der Waals surface area contributed by atoms with Gasteiger partial charge in [-0.1, -0.05) is 13.8 Å². The second-order valence-corrected chi connectivity index (χ2v) is 6.00. The molecule has 0 aliphatic rings. The summed E-state index contributed by atoms with van der Waals surface area (Å²) in [5, 5.41) is 11.5. The van der Waals surface area contributed by atoms with Gasteiger partial charge in [-0.3, -0.25) is 9.36 Å². The van der Waals surface area contributed by atoms with Crippen molar-refractivity contribution < 1.29 is 23.1 Å². The van der Waals surface area contributed by atoms with Crippen LogP contribution in [0.4, 0.5) is 19.1 Å². The van der Waals surface area contributed by atoms with Crippen molar-refractivity contribution >= 4 is 22.8 Å². The maximum atomic E-state index is 13.5. The lowest BCUT2D eigenvalue weighted by Gasteiger charge is -2.15. The standard InChI is InChI=1S/C17H14F3N5O3.C2H6/c1-8-24-13-4-12(17(18,19)20)9(3-11(13)14(26)25(8)2)5-21-16-22-6-10(7-23-16)15(27)28;1-2/h3-4,6-7H,5H2,1-2H3,(H,27,28)(H,21,22,23);1-2H3. The molecule has 0 saturated heterocycles. The van der Waals surface area contributed by atoms with Crippen LogP contribution in [0.5, 0.6) is 0 Å². The normalized spacial score (nSPS) is 11.0. The molecule has 0 fully saturated rings. The number of hydrogen-bond acceptors (Lipinski definition) is 6. The van der Waals surface area contributed by atoms with Crippen LogP contribution in [0.3, 0.4) is 0 Å². The highest BCUT2D eigenvalue weighted by atomic mass is 19.4. The maximum Gasteiger partial charge on any atom is 0.416 e. The van der Waals surface area contributed by atoms with Gasteiger partial charge < -0.3 is 10.4 Å². The van der Waals surface area contributed by atoms with Crippen molar-refractivity contribution in [3.8, 4) is 0 Å². The molecule has 0 aliphatic carbocycles. The summed E-state index contributed by atoms with van der Waals surface area (Å²) in [4.78, 5) is 34.7. The first kappa shape index (κ1) is 22.8. The minimum Gasteiger partial charge on any atom is -0.478 e. The van der Waals surface area contributed by atoms with Gasteiger partial charge in [0.1, 0.15) is 5.82 Å². The number of nitrogens with one attached hydrogen (secondary N) is 1. The molecular formula is C19H20F3N5O3. The summed E-state index contributed by atoms with van der Waals surface area (Å²) in [7, 11) is 1.48. The summed E-state index contributed by atoms with van der Waals surface area (Å²) in [6.07, 6.45) is -2.59. The number of carbonyl (C=O) groups is 1. The summed E-state index contributed by atoms with van der Waals surface area (Å²) in [6, 6.07) is 1.99. The first-order valence-electron chi connectivity index (χ1n) is 8.94. The molecule has 3 rings (SSSR count). The van der Waals surface area contributed by atoms with Crippen molar-refractivity contribution in [2.75, 3.05) is 5.32 Å². The minimum absolute atomic E-state index is 0.0428. The van der Waals surface area contributed by atoms with E-state index in [9.17, 15) is 22.8 Å². The molecule has 0 atom stereocenters. The molecular weight excluding hydrogens is 403 g/mol. The molecule has 0 amide bonds. The average Bonchev–Trinajstić information content (AvgIpc) is 2.71. The number of aromatic nitrogens is 4. The van der Waals surface area contributed by atoms with Crippen LogP contribution in [0.2, 0.25) is 0 Å². The Morgan fingerprint density at radius 2 is 1.80 bits per heavy atom. The zero-order chi connectivity index (χ0) is 22.6. The number of carboxylic acids is 1. The molecule has 0 spiro atoms. The fourth-order valence-electron chi connectivity index (χ4n) is 2.59. The monoisotopic (exact) mass is 423 g/mol. The Hall–Kier alpha value is -3.50. The average molecular weight is 423 g/mol. The first-order valence-corrected chi connectivity index (χ1v) is 8.94. The third-order valence-electron chi connectivity index (χ3n) is 4.17. The SMILES string of the molecule is CC.Cc1nc2cc(C(F)(F)F)c(CNc3ncc(C(=O)O)cn3)cc2c(=O)n1C. The number of benzene rings is 1. The largest absolute Gasteiger partial charge is 0.478 e. The summed E-state index contributed by atoms with van der Waals surface area (Å²) in [6.45, 7) is 5.20. The van der Waals surface area contributed by atoms with E-state index in [1.165, 1.54) is 18.5 Å². The van der Waals surface area contributed by atoms with Gasteiger partial charge in [0.25, 0.3) is 5.56 Å². The summed E-state index contributed by atoms with van der Waals surface area (Å²) < 4.78 is 41.7. The van der Waals surface area contributed by atoms with Crippen LogP contribution in [0.15, 0.2) is 29.3 Å². The fraction of sp³-hybridized carbons (Fsp3) is 0.316. The number of carboxylic acid groups (broad SMARTS) is 1. The lowest BCUT2D eigenvalue weighted by Crippen LogP contribution is -2.22. The molecule has 3 aromatic rings. The predicted octanol–water partition coefficient (Wildman–Crippen LogP) is 3.39. The Labute approximate surface area is 169 Å². The van der Waals surface area contributed by atoms with E-state index in [1.807, 2.05) is 13.8 Å². The highest BCUT2D eigenvalue weighted by Crippen LogP contribution is 2.34. The maximum absolute atomic E-state index is 13.5. The number of aryl methyl sites for hydroxylation is 1. The van der Waals surface area contributed by atoms with Crippen molar-refractivity contribution in [2.45, 2.75) is 33.5 Å². The number of halogens is 3. The Morgan fingerprint density at radius 3 is 2.33 bits per heavy atom. The smallest absolute Gasteiger partial charge is 0.416 e. The number of anilines is 1. The van der Waals surface area contributed by atoms with Gasteiger partial charge in [0.15, 0.2) is 0 Å². The molecule has 8 nitrogen and oxygen atoms in total. The first-order chi connectivity index (χ1) is 14.1. The van der Waals surface area contributed by atoms with Gasteiger partial charge in [-0.05, 0) is 24.6 Å². The molecule has 0 aliphatic heterocycles. The Balaban J connectivity index is 0.00000155. The Bertz CT molecular complexity index is 1130. The van der Waals surface area contributed by atoms with E-state index >= 15 is 0 Å². The molecule has 11 heteroatoms. The summed E-state index contributed by atoms with van der Waals surface area (Å²) in [5.74, 6) is -0.976. The van der Waals surface area contributed by atoms with E-state index in [4.69, 9.17) is 5.11 Å². The molecule has 0 unspecified atom stereocenters. The lowest BCUT2D eigenvalue weighted by atomic mass is 10.0. The number of alkyl halides is 3. The van der Waals surface area contributed by atoms with Gasteiger partial charge in [-0.15, -0.1) is 0 Å². The minimum atomic E-state index is -4.66. The van der Waals surface area contributed by atoms with Crippen LogP contribution < -0.4 is 10.9 Å². The van der Waals surface area contributed by atoms with Gasteiger partial charge in [0.2, 0.25) is 5.95 Å². The van der Waals surface area contributed by atoms with Crippen molar-refractivity contribution in [2.24, 2.45) is 7.05 Å². The van der Waals surface area contributed by atoms with Gasteiger partial charge in [-0.25, -0.2) is 19.7 Å². The van der Waals surface area contributed by atoms with Crippen LogP contribution in [-0.4, -0.2) is 30.6 Å². The molecule has 30 heavy (non-hydrogen) atoms. The van der Waals surface area contributed by atoms with Crippen LogP contribution in [-0.2, 0) is 19.8 Å². The lowest BCUT2D eigenvalue weighted by molar-refractivity contribution is -0.138. The van der Waals surface area contributed by atoms with E-state index in [1.54, 1.807) is 0 Å². The van der Waals surface area contributed by atoms with Crippen molar-refractivity contribution in [1.29, 1.82) is 0 Å². The highest BCUT2D eigenvalue weighted by molar-refractivity contribution is 5.86. The number of hydrogen-bond donors (Lipinski definition) is 2. The fourth-order valence-corrected chi connectivity index (χ4v) is 2.59. The van der Waals surface area contributed by atoms with Crippen LogP contribution in [0, 0.1) is 6.92 Å². The molecule has 2 N–H and O–H groups in total. The van der Waals surface area contributed by atoms with Crippen molar-refractivity contribution in [3.05, 3.63) is 57.4 Å². The van der Waals surface area contributed by atoms with Gasteiger partial charge >= 0.3 is 12.1 Å². The highest BCUT2D eigenvalue weighted by Gasteiger charge is 2.34. The zero-order valence-corrected chi connectivity index (χ0v) is 16.7. The van der Waals surface area contributed by atoms with Gasteiger partial charge in [-0.2, -0.15) is 13.2 Å². The quantitative estimate of drug-likeness (QED) is 0.662. The van der Waals surface area contributed by atoms with E-state index < -0.39 is 23.3 Å². The Kier molecular flexibility index (Phi) is 6.75. The van der Waals surface area contributed by atoms with Crippen molar-refractivity contribution in [1.82, 2.24) is 19.5 Å². The van der Waals surface area contributed by atoms with Crippen LogP contribution in [0.25, 0.3) is 10.9 Å². The topological polar surface area (TPSA) is 110 Å². The van der Waals surface area contributed by atoms with Gasteiger partial charge in [0, 0.05) is 26.0 Å². The third kappa shape index (κ3) is 4.73. The van der Waals surface area contributed by atoms with Crippen LogP contribution >= 0.6 is 0 Å². The molecule has 2 aromatic heterocycles.